The number of halogens is 4. The van der Waals surface area contributed by atoms with Gasteiger partial charge in [0.05, 0.1) is 22.3 Å². The molecule has 3 rings (SSSR count). The minimum absolute atomic E-state index is 0.122. The molecule has 0 saturated carbocycles. The Bertz CT molecular complexity index is 922. The first-order valence-corrected chi connectivity index (χ1v) is 6.88. The van der Waals surface area contributed by atoms with Crippen LogP contribution in [0, 0.1) is 5.82 Å². The number of carbonyl (C=O) groups excluding carboxylic acids is 1. The summed E-state index contributed by atoms with van der Waals surface area (Å²) in [5, 5.41) is 2.56. The molecule has 0 atom stereocenters. The van der Waals surface area contributed by atoms with Crippen LogP contribution in [-0.4, -0.2) is 10.9 Å². The smallest absolute Gasteiger partial charge is 0.321 e. The summed E-state index contributed by atoms with van der Waals surface area (Å²) in [5.41, 5.74) is -0.646. The van der Waals surface area contributed by atoms with Gasteiger partial charge in [-0.2, -0.15) is 13.2 Å². The monoisotopic (exact) mass is 334 g/mol. The van der Waals surface area contributed by atoms with Gasteiger partial charge in [0.25, 0.3) is 5.91 Å². The number of nitrogens with one attached hydrogen (secondary N) is 1. The van der Waals surface area contributed by atoms with Crippen molar-refractivity contribution in [2.24, 2.45) is 0 Å². The van der Waals surface area contributed by atoms with E-state index in [0.717, 1.165) is 18.2 Å². The predicted octanol–water partition coefficient (Wildman–Crippen LogP) is 4.65. The molecule has 3 aromatic rings. The van der Waals surface area contributed by atoms with Gasteiger partial charge in [-0.15, -0.1) is 0 Å². The normalized spacial score (nSPS) is 11.5. The first-order valence-electron chi connectivity index (χ1n) is 6.88. The van der Waals surface area contributed by atoms with Crippen LogP contribution in [-0.2, 0) is 6.18 Å². The Labute approximate surface area is 133 Å². The molecule has 2 aromatic carbocycles. The van der Waals surface area contributed by atoms with Gasteiger partial charge in [-0.1, -0.05) is 12.1 Å². The number of pyridine rings is 1. The summed E-state index contributed by atoms with van der Waals surface area (Å²) in [4.78, 5) is 16.1. The number of carbonyl (C=O) groups is 1. The number of aromatic nitrogens is 1. The second kappa shape index (κ2) is 5.92. The largest absolute Gasteiger partial charge is 0.416 e. The number of fused-ring (bicyclic) bond motifs is 1. The van der Waals surface area contributed by atoms with Crippen molar-refractivity contribution in [3.8, 4) is 0 Å². The standard InChI is InChI=1S/C17H10F4N2O/c18-13-4-2-1-3-11(13)16(24)23-15-7-8-22-14-6-5-10(9-12(14)15)17(19,20)21/h1-9H,(H,22,23,24). The van der Waals surface area contributed by atoms with Gasteiger partial charge >= 0.3 is 6.18 Å². The summed E-state index contributed by atoms with van der Waals surface area (Å²) >= 11 is 0. The van der Waals surface area contributed by atoms with Crippen molar-refractivity contribution in [1.29, 1.82) is 0 Å². The fourth-order valence-corrected chi connectivity index (χ4v) is 2.27. The van der Waals surface area contributed by atoms with Crippen molar-refractivity contribution in [3.05, 3.63) is 71.7 Å². The Kier molecular flexibility index (Phi) is 3.92. The van der Waals surface area contributed by atoms with Crippen molar-refractivity contribution in [1.82, 2.24) is 4.98 Å². The molecule has 0 fully saturated rings. The Morgan fingerprint density at radius 2 is 1.79 bits per heavy atom. The maximum atomic E-state index is 13.7. The summed E-state index contributed by atoms with van der Waals surface area (Å²) in [7, 11) is 0. The number of alkyl halides is 3. The molecule has 1 heterocycles. The molecule has 0 spiro atoms. The minimum atomic E-state index is -4.52. The van der Waals surface area contributed by atoms with Gasteiger partial charge in [0.2, 0.25) is 0 Å². The van der Waals surface area contributed by atoms with Gasteiger partial charge < -0.3 is 5.32 Å². The fraction of sp³-hybridized carbons (Fsp3) is 0.0588. The summed E-state index contributed by atoms with van der Waals surface area (Å²) in [5.74, 6) is -1.47. The molecule has 1 aromatic heterocycles. The van der Waals surface area contributed by atoms with E-state index in [-0.39, 0.29) is 22.2 Å². The van der Waals surface area contributed by atoms with Gasteiger partial charge in [0.1, 0.15) is 5.82 Å². The van der Waals surface area contributed by atoms with Gasteiger partial charge in [-0.3, -0.25) is 9.78 Å². The number of rotatable bonds is 2. The molecule has 0 aliphatic rings. The summed E-state index contributed by atoms with van der Waals surface area (Å²) < 4.78 is 52.3. The topological polar surface area (TPSA) is 42.0 Å². The third-order valence-corrected chi connectivity index (χ3v) is 3.44. The molecule has 0 bridgehead atoms. The van der Waals surface area contributed by atoms with Crippen LogP contribution in [0.5, 0.6) is 0 Å². The van der Waals surface area contributed by atoms with E-state index < -0.39 is 23.5 Å². The van der Waals surface area contributed by atoms with Crippen molar-refractivity contribution in [2.45, 2.75) is 6.18 Å². The van der Waals surface area contributed by atoms with E-state index in [9.17, 15) is 22.4 Å². The van der Waals surface area contributed by atoms with Crippen LogP contribution in [0.3, 0.4) is 0 Å². The van der Waals surface area contributed by atoms with E-state index in [4.69, 9.17) is 0 Å². The first-order chi connectivity index (χ1) is 11.4. The van der Waals surface area contributed by atoms with Crippen LogP contribution in [0.25, 0.3) is 10.9 Å². The maximum absolute atomic E-state index is 13.7. The zero-order valence-corrected chi connectivity index (χ0v) is 12.1. The molecule has 122 valence electrons. The van der Waals surface area contributed by atoms with E-state index in [1.165, 1.54) is 36.5 Å². The van der Waals surface area contributed by atoms with Gasteiger partial charge in [-0.05, 0) is 36.4 Å². The highest BCUT2D eigenvalue weighted by Crippen LogP contribution is 2.33. The molecular weight excluding hydrogens is 324 g/mol. The van der Waals surface area contributed by atoms with Crippen molar-refractivity contribution >= 4 is 22.5 Å². The molecule has 0 aliphatic carbocycles. The number of nitrogens with zero attached hydrogens (tertiary/aromatic N) is 1. The molecule has 1 N–H and O–H groups in total. The molecule has 0 unspecified atom stereocenters. The zero-order chi connectivity index (χ0) is 17.3. The zero-order valence-electron chi connectivity index (χ0n) is 12.1. The fourth-order valence-electron chi connectivity index (χ4n) is 2.27. The number of hydrogen-bond donors (Lipinski definition) is 1. The maximum Gasteiger partial charge on any atom is 0.416 e. The summed E-state index contributed by atoms with van der Waals surface area (Å²) in [6, 6.07) is 9.74. The van der Waals surface area contributed by atoms with E-state index in [0.29, 0.717) is 0 Å². The first kappa shape index (κ1) is 15.9. The number of hydrogen-bond acceptors (Lipinski definition) is 2. The Balaban J connectivity index is 2.03. The van der Waals surface area contributed by atoms with Crippen LogP contribution in [0.2, 0.25) is 0 Å². The average molecular weight is 334 g/mol. The predicted molar refractivity (Wildman–Crippen MR) is 81.1 cm³/mol. The van der Waals surface area contributed by atoms with Crippen LogP contribution in [0.15, 0.2) is 54.7 Å². The molecule has 0 saturated heterocycles. The third-order valence-electron chi connectivity index (χ3n) is 3.44. The summed E-state index contributed by atoms with van der Waals surface area (Å²) in [6.07, 6.45) is -3.16. The highest BCUT2D eigenvalue weighted by Gasteiger charge is 2.30. The lowest BCUT2D eigenvalue weighted by atomic mass is 10.1. The Morgan fingerprint density at radius 3 is 2.50 bits per heavy atom. The molecule has 3 nitrogen and oxygen atoms in total. The molecule has 0 aliphatic heterocycles. The average Bonchev–Trinajstić information content (AvgIpc) is 2.54. The van der Waals surface area contributed by atoms with Gasteiger partial charge in [0, 0.05) is 11.6 Å². The molecule has 1 amide bonds. The van der Waals surface area contributed by atoms with Crippen LogP contribution < -0.4 is 5.32 Å². The Morgan fingerprint density at radius 1 is 1.04 bits per heavy atom. The quantitative estimate of drug-likeness (QED) is 0.694. The molecule has 7 heteroatoms. The van der Waals surface area contributed by atoms with Crippen molar-refractivity contribution < 1.29 is 22.4 Å². The number of benzene rings is 2. The second-order valence-corrected chi connectivity index (χ2v) is 5.02. The lowest BCUT2D eigenvalue weighted by molar-refractivity contribution is -0.137. The van der Waals surface area contributed by atoms with Crippen molar-refractivity contribution in [3.63, 3.8) is 0 Å². The molecule has 24 heavy (non-hydrogen) atoms. The van der Waals surface area contributed by atoms with E-state index >= 15 is 0 Å². The minimum Gasteiger partial charge on any atom is -0.321 e. The molecular formula is C17H10F4N2O. The van der Waals surface area contributed by atoms with Crippen LogP contribution in [0.1, 0.15) is 15.9 Å². The SMILES string of the molecule is O=C(Nc1ccnc2ccc(C(F)(F)F)cc12)c1ccccc1F. The van der Waals surface area contributed by atoms with E-state index in [1.807, 2.05) is 0 Å². The number of anilines is 1. The van der Waals surface area contributed by atoms with Gasteiger partial charge in [-0.25, -0.2) is 4.39 Å². The van der Waals surface area contributed by atoms with Crippen molar-refractivity contribution in [2.75, 3.05) is 5.32 Å². The summed E-state index contributed by atoms with van der Waals surface area (Å²) in [6.45, 7) is 0. The molecule has 0 radical (unpaired) electrons. The second-order valence-electron chi connectivity index (χ2n) is 5.02. The van der Waals surface area contributed by atoms with E-state index in [2.05, 4.69) is 10.3 Å². The van der Waals surface area contributed by atoms with Gasteiger partial charge in [0.15, 0.2) is 0 Å². The van der Waals surface area contributed by atoms with Crippen LogP contribution in [0.4, 0.5) is 23.2 Å². The lowest BCUT2D eigenvalue weighted by Gasteiger charge is -2.11. The third kappa shape index (κ3) is 3.05. The Hall–Kier alpha value is -2.96. The highest BCUT2D eigenvalue weighted by molar-refractivity contribution is 6.08. The lowest BCUT2D eigenvalue weighted by Crippen LogP contribution is -2.14. The highest BCUT2D eigenvalue weighted by atomic mass is 19.4. The van der Waals surface area contributed by atoms with Crippen LogP contribution >= 0.6 is 0 Å². The number of amides is 1. The van der Waals surface area contributed by atoms with E-state index in [1.54, 1.807) is 0 Å².